The fraction of sp³-hybridized carbons (Fsp3) is 0.417. The SMILES string of the molecule is CCC(N)C(Sc1nnc(SC)s1)c1ccncc1. The summed E-state index contributed by atoms with van der Waals surface area (Å²) in [6.45, 7) is 2.10. The standard InChI is InChI=1S/C12H16N4S3/c1-3-9(13)10(8-4-6-14-7-5-8)18-12-16-15-11(17-2)19-12/h4-7,9-10H,3,13H2,1-2H3. The number of nitrogens with two attached hydrogens (primary N) is 1. The zero-order chi connectivity index (χ0) is 13.7. The molecule has 2 rings (SSSR count). The van der Waals surface area contributed by atoms with Crippen molar-refractivity contribution in [2.75, 3.05) is 6.26 Å². The Kier molecular flexibility index (Phi) is 5.62. The monoisotopic (exact) mass is 312 g/mol. The van der Waals surface area contributed by atoms with Gasteiger partial charge in [0, 0.05) is 18.4 Å². The molecule has 2 N–H and O–H groups in total. The smallest absolute Gasteiger partial charge is 0.175 e. The minimum Gasteiger partial charge on any atom is -0.326 e. The normalized spacial score (nSPS) is 14.3. The van der Waals surface area contributed by atoms with Crippen molar-refractivity contribution < 1.29 is 0 Å². The van der Waals surface area contributed by atoms with Crippen LogP contribution >= 0.6 is 34.9 Å². The number of pyridine rings is 1. The number of aromatic nitrogens is 3. The van der Waals surface area contributed by atoms with Gasteiger partial charge >= 0.3 is 0 Å². The lowest BCUT2D eigenvalue weighted by Crippen LogP contribution is -2.25. The maximum Gasteiger partial charge on any atom is 0.175 e. The molecule has 0 aliphatic heterocycles. The van der Waals surface area contributed by atoms with Crippen LogP contribution in [-0.2, 0) is 0 Å². The molecule has 102 valence electrons. The molecule has 2 heterocycles. The summed E-state index contributed by atoms with van der Waals surface area (Å²) in [4.78, 5) is 4.06. The van der Waals surface area contributed by atoms with Gasteiger partial charge in [-0.25, -0.2) is 0 Å². The van der Waals surface area contributed by atoms with Crippen LogP contribution in [0.15, 0.2) is 33.2 Å². The van der Waals surface area contributed by atoms with Crippen molar-refractivity contribution in [2.24, 2.45) is 5.73 Å². The molecule has 0 spiro atoms. The van der Waals surface area contributed by atoms with Crippen LogP contribution in [0.1, 0.15) is 24.2 Å². The van der Waals surface area contributed by atoms with Gasteiger partial charge in [-0.15, -0.1) is 10.2 Å². The molecule has 0 aliphatic rings. The molecule has 2 aromatic rings. The Labute approximate surface area is 125 Å². The lowest BCUT2D eigenvalue weighted by molar-refractivity contribution is 0.633. The lowest BCUT2D eigenvalue weighted by Gasteiger charge is -2.21. The highest BCUT2D eigenvalue weighted by molar-refractivity contribution is 8.03. The fourth-order valence-electron chi connectivity index (χ4n) is 1.61. The molecular weight excluding hydrogens is 296 g/mol. The van der Waals surface area contributed by atoms with Crippen molar-refractivity contribution in [3.8, 4) is 0 Å². The molecule has 0 saturated heterocycles. The van der Waals surface area contributed by atoms with E-state index in [1.165, 1.54) is 5.56 Å². The molecule has 0 aliphatic carbocycles. The van der Waals surface area contributed by atoms with Gasteiger partial charge in [0.2, 0.25) is 0 Å². The van der Waals surface area contributed by atoms with Crippen LogP contribution in [-0.4, -0.2) is 27.5 Å². The van der Waals surface area contributed by atoms with Crippen LogP contribution in [0.2, 0.25) is 0 Å². The van der Waals surface area contributed by atoms with Crippen molar-refractivity contribution >= 4 is 34.9 Å². The molecule has 2 aromatic heterocycles. The van der Waals surface area contributed by atoms with Crippen molar-refractivity contribution in [2.45, 2.75) is 33.3 Å². The van der Waals surface area contributed by atoms with E-state index in [0.717, 1.165) is 15.1 Å². The zero-order valence-electron chi connectivity index (χ0n) is 10.8. The second-order valence-corrected chi connectivity index (χ2v) is 7.35. The van der Waals surface area contributed by atoms with E-state index in [2.05, 4.69) is 22.1 Å². The first-order valence-corrected chi connectivity index (χ1v) is 8.86. The first kappa shape index (κ1) is 14.8. The van der Waals surface area contributed by atoms with Crippen molar-refractivity contribution in [1.82, 2.24) is 15.2 Å². The van der Waals surface area contributed by atoms with E-state index in [4.69, 9.17) is 5.73 Å². The average Bonchev–Trinajstić information content (AvgIpc) is 2.92. The van der Waals surface area contributed by atoms with E-state index in [-0.39, 0.29) is 11.3 Å². The molecule has 0 saturated carbocycles. The van der Waals surface area contributed by atoms with Gasteiger partial charge in [0.25, 0.3) is 0 Å². The van der Waals surface area contributed by atoms with E-state index < -0.39 is 0 Å². The Morgan fingerprint density at radius 3 is 2.53 bits per heavy atom. The maximum atomic E-state index is 6.25. The summed E-state index contributed by atoms with van der Waals surface area (Å²) in [5, 5.41) is 8.52. The summed E-state index contributed by atoms with van der Waals surface area (Å²) in [6.07, 6.45) is 6.54. The molecule has 0 bridgehead atoms. The second kappa shape index (κ2) is 7.23. The van der Waals surface area contributed by atoms with E-state index in [9.17, 15) is 0 Å². The zero-order valence-corrected chi connectivity index (χ0v) is 13.3. The third-order valence-electron chi connectivity index (χ3n) is 2.69. The molecule has 19 heavy (non-hydrogen) atoms. The van der Waals surface area contributed by atoms with E-state index in [1.54, 1.807) is 47.3 Å². The average molecular weight is 312 g/mol. The summed E-state index contributed by atoms with van der Waals surface area (Å²) in [7, 11) is 0. The quantitative estimate of drug-likeness (QED) is 0.826. The van der Waals surface area contributed by atoms with Crippen LogP contribution in [0, 0.1) is 0 Å². The van der Waals surface area contributed by atoms with E-state index >= 15 is 0 Å². The van der Waals surface area contributed by atoms with Gasteiger partial charge in [0.1, 0.15) is 0 Å². The highest BCUT2D eigenvalue weighted by Crippen LogP contribution is 2.40. The third-order valence-corrected chi connectivity index (χ3v) is 6.08. The van der Waals surface area contributed by atoms with Crippen LogP contribution in [0.4, 0.5) is 0 Å². The minimum atomic E-state index is 0.0917. The van der Waals surface area contributed by atoms with E-state index in [0.29, 0.717) is 0 Å². The van der Waals surface area contributed by atoms with Gasteiger partial charge in [-0.3, -0.25) is 4.98 Å². The topological polar surface area (TPSA) is 64.7 Å². The van der Waals surface area contributed by atoms with Crippen molar-refractivity contribution in [1.29, 1.82) is 0 Å². The number of hydrogen-bond donors (Lipinski definition) is 1. The van der Waals surface area contributed by atoms with Gasteiger partial charge in [0.15, 0.2) is 8.68 Å². The first-order chi connectivity index (χ1) is 9.24. The molecule has 4 nitrogen and oxygen atoms in total. The van der Waals surface area contributed by atoms with Crippen molar-refractivity contribution in [3.05, 3.63) is 30.1 Å². The Bertz CT molecular complexity index is 503. The Morgan fingerprint density at radius 2 is 1.95 bits per heavy atom. The summed E-state index contributed by atoms with van der Waals surface area (Å²) in [5.41, 5.74) is 7.44. The Balaban J connectivity index is 2.19. The highest BCUT2D eigenvalue weighted by Gasteiger charge is 2.21. The van der Waals surface area contributed by atoms with Gasteiger partial charge in [-0.2, -0.15) is 0 Å². The lowest BCUT2D eigenvalue weighted by atomic mass is 10.1. The van der Waals surface area contributed by atoms with Crippen LogP contribution in [0.25, 0.3) is 0 Å². The molecule has 0 amide bonds. The van der Waals surface area contributed by atoms with Gasteiger partial charge in [0.05, 0.1) is 5.25 Å². The number of rotatable bonds is 6. The number of nitrogens with zero attached hydrogens (tertiary/aromatic N) is 3. The molecule has 0 radical (unpaired) electrons. The number of thioether (sulfide) groups is 2. The maximum absolute atomic E-state index is 6.25. The summed E-state index contributed by atoms with van der Waals surface area (Å²) in [6, 6.07) is 4.13. The van der Waals surface area contributed by atoms with E-state index in [1.807, 2.05) is 18.4 Å². The number of hydrogen-bond acceptors (Lipinski definition) is 7. The summed E-state index contributed by atoms with van der Waals surface area (Å²) < 4.78 is 1.95. The minimum absolute atomic E-state index is 0.0917. The van der Waals surface area contributed by atoms with Gasteiger partial charge < -0.3 is 5.73 Å². The first-order valence-electron chi connectivity index (χ1n) is 5.94. The molecule has 0 fully saturated rings. The molecular formula is C12H16N4S3. The Morgan fingerprint density at radius 1 is 1.26 bits per heavy atom. The van der Waals surface area contributed by atoms with Gasteiger partial charge in [-0.05, 0) is 30.4 Å². The molecule has 2 atom stereocenters. The van der Waals surface area contributed by atoms with Crippen LogP contribution in [0.3, 0.4) is 0 Å². The van der Waals surface area contributed by atoms with Gasteiger partial charge in [-0.1, -0.05) is 41.8 Å². The molecule has 0 aromatic carbocycles. The Hall–Kier alpha value is -0.630. The summed E-state index contributed by atoms with van der Waals surface area (Å²) in [5.74, 6) is 0. The van der Waals surface area contributed by atoms with Crippen molar-refractivity contribution in [3.63, 3.8) is 0 Å². The fourth-order valence-corrected chi connectivity index (χ4v) is 4.48. The third kappa shape index (κ3) is 3.92. The highest BCUT2D eigenvalue weighted by atomic mass is 32.2. The predicted molar refractivity (Wildman–Crippen MR) is 82.8 cm³/mol. The van der Waals surface area contributed by atoms with Crippen LogP contribution in [0.5, 0.6) is 0 Å². The largest absolute Gasteiger partial charge is 0.326 e. The molecule has 2 unspecified atom stereocenters. The summed E-state index contributed by atoms with van der Waals surface area (Å²) >= 11 is 4.92. The van der Waals surface area contributed by atoms with Crippen LogP contribution < -0.4 is 5.73 Å². The molecule has 7 heteroatoms. The second-order valence-electron chi connectivity index (χ2n) is 3.93. The predicted octanol–water partition coefficient (Wildman–Crippen LogP) is 3.23.